The fourth-order valence-electron chi connectivity index (χ4n) is 4.79. The fourth-order valence-corrected chi connectivity index (χ4v) is 4.79. The summed E-state index contributed by atoms with van der Waals surface area (Å²) in [6.07, 6.45) is 6.46. The highest BCUT2D eigenvalue weighted by Crippen LogP contribution is 2.54. The molecule has 0 saturated heterocycles. The quantitative estimate of drug-likeness (QED) is 0.825. The van der Waals surface area contributed by atoms with Gasteiger partial charge in [-0.25, -0.2) is 0 Å². The number of hydrogen-bond acceptors (Lipinski definition) is 2. The zero-order valence-corrected chi connectivity index (χ0v) is 13.5. The fraction of sp³-hybridized carbons (Fsp3) is 0.526. The van der Waals surface area contributed by atoms with E-state index in [9.17, 15) is 5.11 Å². The molecule has 1 N–H and O–H groups in total. The molecule has 1 fully saturated rings. The number of hydrogen-bond donors (Lipinski definition) is 1. The molecule has 1 aromatic heterocycles. The third-order valence-electron chi connectivity index (χ3n) is 4.68. The predicted molar refractivity (Wildman–Crippen MR) is 87.1 cm³/mol. The van der Waals surface area contributed by atoms with Gasteiger partial charge in [0.1, 0.15) is 0 Å². The number of benzene rings is 1. The van der Waals surface area contributed by atoms with Gasteiger partial charge in [-0.15, -0.1) is 0 Å². The van der Waals surface area contributed by atoms with Crippen molar-refractivity contribution < 1.29 is 5.11 Å². The molecule has 0 radical (unpaired) electrons. The van der Waals surface area contributed by atoms with Crippen LogP contribution in [0.4, 0.5) is 0 Å². The maximum atomic E-state index is 11.5. The second kappa shape index (κ2) is 4.54. The minimum absolute atomic E-state index is 0.145. The molecule has 1 aromatic carbocycles. The second-order valence-corrected chi connectivity index (χ2v) is 8.29. The van der Waals surface area contributed by atoms with E-state index in [4.69, 9.17) is 0 Å². The average Bonchev–Trinajstić information content (AvgIpc) is 2.33. The van der Waals surface area contributed by atoms with Crippen LogP contribution in [0.3, 0.4) is 0 Å². The zero-order chi connectivity index (χ0) is 15.3. The largest absolute Gasteiger partial charge is 0.385 e. The maximum absolute atomic E-state index is 11.5. The first kappa shape index (κ1) is 14.5. The molecule has 0 spiro atoms. The van der Waals surface area contributed by atoms with E-state index in [0.29, 0.717) is 0 Å². The van der Waals surface area contributed by atoms with Crippen molar-refractivity contribution >= 4 is 10.8 Å². The smallest absolute Gasteiger partial charge is 0.0912 e. The number of aromatic nitrogens is 1. The van der Waals surface area contributed by atoms with Gasteiger partial charge in [-0.3, -0.25) is 4.98 Å². The van der Waals surface area contributed by atoms with Crippen molar-refractivity contribution in [3.63, 3.8) is 0 Å². The molecule has 2 aromatic rings. The van der Waals surface area contributed by atoms with E-state index in [1.807, 2.05) is 24.5 Å². The van der Waals surface area contributed by atoms with Gasteiger partial charge in [0.25, 0.3) is 0 Å². The third-order valence-corrected chi connectivity index (χ3v) is 4.68. The Balaban J connectivity index is 2.16. The van der Waals surface area contributed by atoms with Crippen molar-refractivity contribution in [2.24, 2.45) is 10.8 Å². The molecule has 2 nitrogen and oxygen atoms in total. The molecule has 0 bridgehead atoms. The first-order valence-electron chi connectivity index (χ1n) is 7.77. The van der Waals surface area contributed by atoms with Gasteiger partial charge in [0, 0.05) is 17.8 Å². The molecular weight excluding hydrogens is 258 g/mol. The van der Waals surface area contributed by atoms with Crippen molar-refractivity contribution in [3.8, 4) is 0 Å². The van der Waals surface area contributed by atoms with E-state index < -0.39 is 5.60 Å². The average molecular weight is 283 g/mol. The van der Waals surface area contributed by atoms with E-state index in [1.165, 1.54) is 0 Å². The lowest BCUT2D eigenvalue weighted by Crippen LogP contribution is -2.44. The summed E-state index contributed by atoms with van der Waals surface area (Å²) < 4.78 is 0. The molecule has 0 aliphatic heterocycles. The topological polar surface area (TPSA) is 33.1 Å². The molecular formula is C19H25NO. The van der Waals surface area contributed by atoms with Gasteiger partial charge in [-0.1, -0.05) is 45.9 Å². The maximum Gasteiger partial charge on any atom is 0.0912 e. The summed E-state index contributed by atoms with van der Waals surface area (Å²) in [5.41, 5.74) is 0.590. The van der Waals surface area contributed by atoms with E-state index in [0.717, 1.165) is 35.6 Å². The highest BCUT2D eigenvalue weighted by Gasteiger charge is 2.47. The Hall–Kier alpha value is -1.41. The molecule has 1 aliphatic carbocycles. The molecule has 3 rings (SSSR count). The van der Waals surface area contributed by atoms with Gasteiger partial charge in [0.2, 0.25) is 0 Å². The standard InChI is InChI=1S/C19H25NO/c1-17(2)11-18(3,4)13-19(21,12-17)16-7-5-6-14-10-20-9-8-15(14)16/h5-10,21H,11-13H2,1-4H3. The summed E-state index contributed by atoms with van der Waals surface area (Å²) in [5, 5.41) is 13.7. The van der Waals surface area contributed by atoms with Crippen molar-refractivity contribution in [1.82, 2.24) is 4.98 Å². The van der Waals surface area contributed by atoms with Gasteiger partial charge in [0.15, 0.2) is 0 Å². The second-order valence-electron chi connectivity index (χ2n) is 8.29. The monoisotopic (exact) mass is 283 g/mol. The Kier molecular flexibility index (Phi) is 3.14. The number of pyridine rings is 1. The van der Waals surface area contributed by atoms with Crippen LogP contribution in [0, 0.1) is 10.8 Å². The number of rotatable bonds is 1. The molecule has 0 atom stereocenters. The minimum Gasteiger partial charge on any atom is -0.385 e. The lowest BCUT2D eigenvalue weighted by molar-refractivity contribution is -0.0903. The summed E-state index contributed by atoms with van der Waals surface area (Å²) in [6.45, 7) is 9.08. The highest BCUT2D eigenvalue weighted by atomic mass is 16.3. The van der Waals surface area contributed by atoms with Gasteiger partial charge in [-0.05, 0) is 47.1 Å². The first-order valence-corrected chi connectivity index (χ1v) is 7.77. The Bertz CT molecular complexity index is 651. The highest BCUT2D eigenvalue weighted by molar-refractivity contribution is 5.85. The van der Waals surface area contributed by atoms with Crippen LogP contribution in [-0.2, 0) is 5.60 Å². The summed E-state index contributed by atoms with van der Waals surface area (Å²) in [7, 11) is 0. The van der Waals surface area contributed by atoms with Crippen LogP contribution in [0.1, 0.15) is 52.5 Å². The lowest BCUT2D eigenvalue weighted by Gasteiger charge is -2.50. The van der Waals surface area contributed by atoms with Gasteiger partial charge < -0.3 is 5.11 Å². The van der Waals surface area contributed by atoms with Gasteiger partial charge >= 0.3 is 0 Å². The predicted octanol–water partition coefficient (Wildman–Crippen LogP) is 4.66. The normalized spacial score (nSPS) is 23.1. The van der Waals surface area contributed by atoms with Crippen molar-refractivity contribution in [2.75, 3.05) is 0 Å². The van der Waals surface area contributed by atoms with Crippen LogP contribution in [0.2, 0.25) is 0 Å². The van der Waals surface area contributed by atoms with Crippen molar-refractivity contribution in [1.29, 1.82) is 0 Å². The molecule has 1 saturated carbocycles. The van der Waals surface area contributed by atoms with Gasteiger partial charge in [0.05, 0.1) is 5.60 Å². The summed E-state index contributed by atoms with van der Waals surface area (Å²) >= 11 is 0. The van der Waals surface area contributed by atoms with Crippen molar-refractivity contribution in [2.45, 2.75) is 52.6 Å². The third kappa shape index (κ3) is 2.69. The summed E-state index contributed by atoms with van der Waals surface area (Å²) in [5.74, 6) is 0. The van der Waals surface area contributed by atoms with Crippen molar-refractivity contribution in [3.05, 3.63) is 42.2 Å². The van der Waals surface area contributed by atoms with Crippen LogP contribution in [-0.4, -0.2) is 10.1 Å². The van der Waals surface area contributed by atoms with Crippen LogP contribution in [0.15, 0.2) is 36.7 Å². The molecule has 0 amide bonds. The Labute approximate surface area is 127 Å². The van der Waals surface area contributed by atoms with Crippen LogP contribution in [0.5, 0.6) is 0 Å². The number of fused-ring (bicyclic) bond motifs is 1. The number of aliphatic hydroxyl groups is 1. The zero-order valence-electron chi connectivity index (χ0n) is 13.5. The van der Waals surface area contributed by atoms with E-state index in [2.05, 4.69) is 44.8 Å². The van der Waals surface area contributed by atoms with Crippen LogP contribution < -0.4 is 0 Å². The molecule has 0 unspecified atom stereocenters. The van der Waals surface area contributed by atoms with E-state index in [-0.39, 0.29) is 10.8 Å². The lowest BCUT2D eigenvalue weighted by atomic mass is 9.58. The van der Waals surface area contributed by atoms with E-state index in [1.54, 1.807) is 0 Å². The molecule has 21 heavy (non-hydrogen) atoms. The Morgan fingerprint density at radius 3 is 2.29 bits per heavy atom. The molecule has 112 valence electrons. The summed E-state index contributed by atoms with van der Waals surface area (Å²) in [4.78, 5) is 4.20. The Morgan fingerprint density at radius 1 is 0.952 bits per heavy atom. The van der Waals surface area contributed by atoms with Gasteiger partial charge in [-0.2, -0.15) is 0 Å². The van der Waals surface area contributed by atoms with E-state index >= 15 is 0 Å². The first-order chi connectivity index (χ1) is 9.71. The van der Waals surface area contributed by atoms with Crippen LogP contribution in [0.25, 0.3) is 10.8 Å². The molecule has 2 heteroatoms. The summed E-state index contributed by atoms with van der Waals surface area (Å²) in [6, 6.07) is 8.21. The molecule has 1 aliphatic rings. The number of nitrogens with zero attached hydrogens (tertiary/aromatic N) is 1. The minimum atomic E-state index is -0.758. The Morgan fingerprint density at radius 2 is 1.62 bits per heavy atom. The SMILES string of the molecule is CC1(C)CC(C)(C)CC(O)(c2cccc3cnccc23)C1. The molecule has 1 heterocycles. The van der Waals surface area contributed by atoms with Crippen LogP contribution >= 0.6 is 0 Å².